The first-order valence-electron chi connectivity index (χ1n) is 7.46. The summed E-state index contributed by atoms with van der Waals surface area (Å²) in [7, 11) is 0. The average Bonchev–Trinajstić information content (AvgIpc) is 3.23. The lowest BCUT2D eigenvalue weighted by Crippen LogP contribution is -1.99. The van der Waals surface area contributed by atoms with Crippen molar-refractivity contribution < 1.29 is 9.90 Å². The van der Waals surface area contributed by atoms with Crippen LogP contribution in [-0.2, 0) is 6.54 Å². The van der Waals surface area contributed by atoms with Crippen molar-refractivity contribution in [1.29, 1.82) is 0 Å². The quantitative estimate of drug-likeness (QED) is 0.628. The Balaban J connectivity index is 1.73. The molecule has 0 amide bonds. The highest BCUT2D eigenvalue weighted by Gasteiger charge is 2.09. The average molecular weight is 318 g/mol. The van der Waals surface area contributed by atoms with Crippen molar-refractivity contribution in [3.05, 3.63) is 78.6 Å². The second-order valence-corrected chi connectivity index (χ2v) is 5.53. The fourth-order valence-corrected chi connectivity index (χ4v) is 2.75. The van der Waals surface area contributed by atoms with E-state index in [-0.39, 0.29) is 5.56 Å². The summed E-state index contributed by atoms with van der Waals surface area (Å²) in [6.45, 7) is 0.740. The number of carboxylic acid groups (broad SMARTS) is 1. The van der Waals surface area contributed by atoms with Gasteiger partial charge < -0.3 is 9.67 Å². The van der Waals surface area contributed by atoms with E-state index >= 15 is 0 Å². The number of benzene rings is 2. The van der Waals surface area contributed by atoms with Crippen LogP contribution in [0.1, 0.15) is 15.9 Å². The van der Waals surface area contributed by atoms with Crippen LogP contribution in [0.4, 0.5) is 0 Å². The second-order valence-electron chi connectivity index (χ2n) is 5.53. The number of nitrogens with zero attached hydrogens (tertiary/aromatic N) is 4. The molecule has 1 N–H and O–H groups in total. The minimum absolute atomic E-state index is 0.238. The molecule has 0 fully saturated rings. The molecule has 0 aliphatic heterocycles. The summed E-state index contributed by atoms with van der Waals surface area (Å²) in [4.78, 5) is 19.5. The molecule has 2 aromatic carbocycles. The molecular formula is C18H14N4O2. The van der Waals surface area contributed by atoms with Gasteiger partial charge in [-0.25, -0.2) is 14.8 Å². The minimum atomic E-state index is -0.950. The molecular weight excluding hydrogens is 304 g/mol. The van der Waals surface area contributed by atoms with Crippen molar-refractivity contribution in [3.63, 3.8) is 0 Å². The molecule has 0 unspecified atom stereocenters. The van der Waals surface area contributed by atoms with Gasteiger partial charge in [-0.15, -0.1) is 0 Å². The van der Waals surface area contributed by atoms with Crippen LogP contribution >= 0.6 is 0 Å². The Morgan fingerprint density at radius 1 is 1.12 bits per heavy atom. The van der Waals surface area contributed by atoms with E-state index in [4.69, 9.17) is 5.11 Å². The molecule has 118 valence electrons. The molecule has 0 spiro atoms. The summed E-state index contributed by atoms with van der Waals surface area (Å²) in [6.07, 6.45) is 7.18. The van der Waals surface area contributed by atoms with E-state index in [0.29, 0.717) is 5.52 Å². The lowest BCUT2D eigenvalue weighted by molar-refractivity contribution is 0.0697. The van der Waals surface area contributed by atoms with Gasteiger partial charge >= 0.3 is 5.97 Å². The minimum Gasteiger partial charge on any atom is -0.478 e. The van der Waals surface area contributed by atoms with Gasteiger partial charge in [0, 0.05) is 24.6 Å². The Hall–Kier alpha value is -3.41. The molecule has 0 aliphatic rings. The molecule has 0 saturated heterocycles. The van der Waals surface area contributed by atoms with E-state index in [2.05, 4.69) is 22.1 Å². The van der Waals surface area contributed by atoms with Gasteiger partial charge in [0.2, 0.25) is 0 Å². The maximum Gasteiger partial charge on any atom is 0.335 e. The van der Waals surface area contributed by atoms with E-state index in [1.165, 1.54) is 0 Å². The molecule has 2 heterocycles. The Kier molecular flexibility index (Phi) is 3.35. The van der Waals surface area contributed by atoms with E-state index in [9.17, 15) is 4.79 Å². The molecule has 0 bridgehead atoms. The third-order valence-electron chi connectivity index (χ3n) is 3.91. The van der Waals surface area contributed by atoms with Gasteiger partial charge in [-0.05, 0) is 35.9 Å². The zero-order chi connectivity index (χ0) is 16.5. The van der Waals surface area contributed by atoms with Crippen LogP contribution in [-0.4, -0.2) is 30.2 Å². The van der Waals surface area contributed by atoms with Crippen molar-refractivity contribution in [1.82, 2.24) is 19.1 Å². The second kappa shape index (κ2) is 5.66. The van der Waals surface area contributed by atoms with Gasteiger partial charge in [-0.2, -0.15) is 0 Å². The topological polar surface area (TPSA) is 72.9 Å². The fraction of sp³-hybridized carbons (Fsp3) is 0.0556. The first-order chi connectivity index (χ1) is 11.7. The zero-order valence-electron chi connectivity index (χ0n) is 12.7. The highest BCUT2D eigenvalue weighted by molar-refractivity contribution is 5.92. The molecule has 0 atom stereocenters. The normalized spacial score (nSPS) is 11.0. The van der Waals surface area contributed by atoms with Crippen LogP contribution < -0.4 is 0 Å². The van der Waals surface area contributed by atoms with Crippen LogP contribution in [0.5, 0.6) is 0 Å². The fourth-order valence-electron chi connectivity index (χ4n) is 2.75. The van der Waals surface area contributed by atoms with Crippen molar-refractivity contribution in [3.8, 4) is 5.69 Å². The summed E-state index contributed by atoms with van der Waals surface area (Å²) in [5.41, 5.74) is 3.91. The monoisotopic (exact) mass is 318 g/mol. The van der Waals surface area contributed by atoms with Crippen molar-refractivity contribution in [2.45, 2.75) is 6.54 Å². The van der Waals surface area contributed by atoms with Crippen LogP contribution in [0.3, 0.4) is 0 Å². The highest BCUT2D eigenvalue weighted by Crippen LogP contribution is 2.20. The van der Waals surface area contributed by atoms with E-state index in [1.54, 1.807) is 37.1 Å². The molecule has 6 heteroatoms. The van der Waals surface area contributed by atoms with Crippen molar-refractivity contribution >= 4 is 17.0 Å². The van der Waals surface area contributed by atoms with Gasteiger partial charge in [0.05, 0.1) is 22.9 Å². The summed E-state index contributed by atoms with van der Waals surface area (Å²) in [5.74, 6) is -0.950. The molecule has 4 rings (SSSR count). The Morgan fingerprint density at radius 2 is 2.04 bits per heavy atom. The number of aromatic nitrogens is 4. The summed E-state index contributed by atoms with van der Waals surface area (Å²) >= 11 is 0. The van der Waals surface area contributed by atoms with Gasteiger partial charge in [0.1, 0.15) is 6.33 Å². The predicted octanol–water partition coefficient (Wildman–Crippen LogP) is 2.97. The summed E-state index contributed by atoms with van der Waals surface area (Å²) < 4.78 is 3.96. The molecule has 6 nitrogen and oxygen atoms in total. The standard InChI is InChI=1S/C18H14N4O2/c23-18(24)14-4-5-17-16(9-14)20-12-22(17)15-3-1-2-13(8-15)10-21-7-6-19-11-21/h1-9,11-12H,10H2,(H,23,24). The number of aromatic carboxylic acids is 1. The number of hydrogen-bond acceptors (Lipinski definition) is 3. The number of rotatable bonds is 4. The SMILES string of the molecule is O=C(O)c1ccc2c(c1)ncn2-c1cccc(Cn2ccnc2)c1. The van der Waals surface area contributed by atoms with Crippen LogP contribution in [0.15, 0.2) is 67.5 Å². The Labute approximate surface area is 137 Å². The van der Waals surface area contributed by atoms with Crippen LogP contribution in [0.25, 0.3) is 16.7 Å². The first kappa shape index (κ1) is 14.2. The lowest BCUT2D eigenvalue weighted by atomic mass is 10.1. The van der Waals surface area contributed by atoms with Gasteiger partial charge in [0.25, 0.3) is 0 Å². The molecule has 0 saturated carbocycles. The molecule has 0 radical (unpaired) electrons. The third kappa shape index (κ3) is 2.54. The van der Waals surface area contributed by atoms with Gasteiger partial charge in [0.15, 0.2) is 0 Å². The summed E-state index contributed by atoms with van der Waals surface area (Å²) in [6, 6.07) is 13.1. The Morgan fingerprint density at radius 3 is 2.83 bits per heavy atom. The van der Waals surface area contributed by atoms with Gasteiger partial charge in [-0.3, -0.25) is 4.57 Å². The zero-order valence-corrected chi connectivity index (χ0v) is 12.7. The predicted molar refractivity (Wildman–Crippen MR) is 89.4 cm³/mol. The van der Waals surface area contributed by atoms with Gasteiger partial charge in [-0.1, -0.05) is 12.1 Å². The smallest absolute Gasteiger partial charge is 0.335 e. The maximum absolute atomic E-state index is 11.1. The number of carbonyl (C=O) groups is 1. The number of fused-ring (bicyclic) bond motifs is 1. The third-order valence-corrected chi connectivity index (χ3v) is 3.91. The van der Waals surface area contributed by atoms with Crippen molar-refractivity contribution in [2.24, 2.45) is 0 Å². The van der Waals surface area contributed by atoms with Crippen LogP contribution in [0.2, 0.25) is 0 Å². The molecule has 24 heavy (non-hydrogen) atoms. The molecule has 2 aromatic heterocycles. The lowest BCUT2D eigenvalue weighted by Gasteiger charge is -2.08. The van der Waals surface area contributed by atoms with Crippen molar-refractivity contribution in [2.75, 3.05) is 0 Å². The number of imidazole rings is 2. The highest BCUT2D eigenvalue weighted by atomic mass is 16.4. The summed E-state index contributed by atoms with van der Waals surface area (Å²) in [5, 5.41) is 9.08. The first-order valence-corrected chi connectivity index (χ1v) is 7.46. The van der Waals surface area contributed by atoms with E-state index < -0.39 is 5.97 Å². The van der Waals surface area contributed by atoms with E-state index in [0.717, 1.165) is 23.3 Å². The number of hydrogen-bond donors (Lipinski definition) is 1. The Bertz CT molecular complexity index is 1020. The molecule has 4 aromatic rings. The van der Waals surface area contributed by atoms with E-state index in [1.807, 2.05) is 27.5 Å². The largest absolute Gasteiger partial charge is 0.478 e. The number of carboxylic acids is 1. The molecule has 0 aliphatic carbocycles. The van der Waals surface area contributed by atoms with Crippen LogP contribution in [0, 0.1) is 0 Å². The maximum atomic E-state index is 11.1.